The quantitative estimate of drug-likeness (QED) is 0.559. The molecule has 1 aromatic carbocycles. The molecule has 2 heterocycles. The van der Waals surface area contributed by atoms with Gasteiger partial charge in [-0.15, -0.1) is 0 Å². The van der Waals surface area contributed by atoms with Gasteiger partial charge in [-0.2, -0.15) is 4.98 Å². The SMILES string of the molecule is CC[C@@H](C)Nc1nc(Nc2ccc(Cl)c(Cl)c2)cc(-c2ccccn2)n1. The van der Waals surface area contributed by atoms with Crippen LogP contribution in [-0.2, 0) is 0 Å². The highest BCUT2D eigenvalue weighted by atomic mass is 35.5. The lowest BCUT2D eigenvalue weighted by atomic mass is 10.2. The number of anilines is 3. The van der Waals surface area contributed by atoms with E-state index in [4.69, 9.17) is 23.2 Å². The number of nitrogens with one attached hydrogen (secondary N) is 2. The van der Waals surface area contributed by atoms with Gasteiger partial charge in [-0.3, -0.25) is 4.98 Å². The first kappa shape index (κ1) is 18.4. The fourth-order valence-corrected chi connectivity index (χ4v) is 2.56. The standard InChI is InChI=1S/C19H19Cl2N5/c1-3-12(2)23-19-25-17(16-6-4-5-9-22-16)11-18(26-19)24-13-7-8-14(20)15(21)10-13/h4-12H,3H2,1-2H3,(H2,23,24,25,26)/t12-/m1/s1. The third-order valence-electron chi connectivity index (χ3n) is 3.83. The zero-order valence-corrected chi connectivity index (χ0v) is 16.0. The molecule has 0 bridgehead atoms. The Morgan fingerprint density at radius 3 is 2.54 bits per heavy atom. The topological polar surface area (TPSA) is 62.7 Å². The van der Waals surface area contributed by atoms with Crippen molar-refractivity contribution < 1.29 is 0 Å². The average molecular weight is 388 g/mol. The minimum Gasteiger partial charge on any atom is -0.352 e. The molecule has 5 nitrogen and oxygen atoms in total. The van der Waals surface area contributed by atoms with Crippen LogP contribution in [0.4, 0.5) is 17.5 Å². The number of hydrogen-bond acceptors (Lipinski definition) is 5. The van der Waals surface area contributed by atoms with Gasteiger partial charge in [0.1, 0.15) is 5.82 Å². The highest BCUT2D eigenvalue weighted by Gasteiger charge is 2.10. The van der Waals surface area contributed by atoms with Crippen LogP contribution in [0.25, 0.3) is 11.4 Å². The number of pyridine rings is 1. The zero-order chi connectivity index (χ0) is 18.5. The highest BCUT2D eigenvalue weighted by Crippen LogP contribution is 2.28. The molecule has 0 radical (unpaired) electrons. The van der Waals surface area contributed by atoms with Crippen molar-refractivity contribution in [3.05, 3.63) is 58.7 Å². The average Bonchev–Trinajstić information content (AvgIpc) is 2.65. The monoisotopic (exact) mass is 387 g/mol. The Morgan fingerprint density at radius 2 is 1.85 bits per heavy atom. The molecular formula is C19H19Cl2N5. The molecule has 0 aliphatic rings. The molecule has 0 aliphatic heterocycles. The molecule has 0 fully saturated rings. The van der Waals surface area contributed by atoms with Crippen molar-refractivity contribution >= 4 is 40.7 Å². The number of benzene rings is 1. The molecule has 1 atom stereocenters. The molecule has 0 spiro atoms. The lowest BCUT2D eigenvalue weighted by Crippen LogP contribution is -2.16. The van der Waals surface area contributed by atoms with Crippen molar-refractivity contribution in [2.75, 3.05) is 10.6 Å². The Kier molecular flexibility index (Phi) is 5.91. The van der Waals surface area contributed by atoms with Crippen LogP contribution in [0.1, 0.15) is 20.3 Å². The normalized spacial score (nSPS) is 11.8. The van der Waals surface area contributed by atoms with E-state index < -0.39 is 0 Å². The fraction of sp³-hybridized carbons (Fsp3) is 0.211. The number of nitrogens with zero attached hydrogens (tertiary/aromatic N) is 3. The Balaban J connectivity index is 1.97. The predicted molar refractivity (Wildman–Crippen MR) is 108 cm³/mol. The summed E-state index contributed by atoms with van der Waals surface area (Å²) in [5.74, 6) is 1.19. The van der Waals surface area contributed by atoms with Gasteiger partial charge >= 0.3 is 0 Å². The summed E-state index contributed by atoms with van der Waals surface area (Å²) >= 11 is 12.1. The van der Waals surface area contributed by atoms with Gasteiger partial charge in [0.2, 0.25) is 5.95 Å². The Morgan fingerprint density at radius 1 is 1.00 bits per heavy atom. The Labute approximate surface area is 162 Å². The van der Waals surface area contributed by atoms with Gasteiger partial charge in [0.25, 0.3) is 0 Å². The van der Waals surface area contributed by atoms with E-state index >= 15 is 0 Å². The summed E-state index contributed by atoms with van der Waals surface area (Å²) in [5, 5.41) is 7.55. The Bertz CT molecular complexity index is 886. The van der Waals surface area contributed by atoms with Crippen molar-refractivity contribution in [1.82, 2.24) is 15.0 Å². The molecule has 0 saturated carbocycles. The first-order chi connectivity index (χ1) is 12.5. The molecule has 3 rings (SSSR count). The van der Waals surface area contributed by atoms with Gasteiger partial charge in [-0.05, 0) is 43.7 Å². The van der Waals surface area contributed by atoms with E-state index in [9.17, 15) is 0 Å². The number of hydrogen-bond donors (Lipinski definition) is 2. The van der Waals surface area contributed by atoms with E-state index in [1.165, 1.54) is 0 Å². The van der Waals surface area contributed by atoms with Gasteiger partial charge in [0.15, 0.2) is 0 Å². The van der Waals surface area contributed by atoms with Gasteiger partial charge < -0.3 is 10.6 Å². The second-order valence-electron chi connectivity index (χ2n) is 5.88. The molecular weight excluding hydrogens is 369 g/mol. The van der Waals surface area contributed by atoms with Crippen LogP contribution in [0.5, 0.6) is 0 Å². The van der Waals surface area contributed by atoms with E-state index in [1.807, 2.05) is 30.3 Å². The van der Waals surface area contributed by atoms with Crippen LogP contribution in [0.2, 0.25) is 10.0 Å². The maximum atomic E-state index is 6.10. The maximum Gasteiger partial charge on any atom is 0.225 e. The van der Waals surface area contributed by atoms with Crippen molar-refractivity contribution in [2.45, 2.75) is 26.3 Å². The lowest BCUT2D eigenvalue weighted by molar-refractivity contribution is 0.753. The molecule has 0 amide bonds. The number of rotatable bonds is 6. The molecule has 2 aromatic heterocycles. The summed E-state index contributed by atoms with van der Waals surface area (Å²) in [5.41, 5.74) is 2.30. The van der Waals surface area contributed by atoms with Crippen LogP contribution in [0, 0.1) is 0 Å². The van der Waals surface area contributed by atoms with Crippen LogP contribution in [0.15, 0.2) is 48.7 Å². The summed E-state index contributed by atoms with van der Waals surface area (Å²) in [6.45, 7) is 4.19. The van der Waals surface area contributed by atoms with Gasteiger partial charge in [-0.25, -0.2) is 4.98 Å². The van der Waals surface area contributed by atoms with Crippen LogP contribution in [-0.4, -0.2) is 21.0 Å². The number of halogens is 2. The van der Waals surface area contributed by atoms with Crippen molar-refractivity contribution in [1.29, 1.82) is 0 Å². The van der Waals surface area contributed by atoms with E-state index in [0.717, 1.165) is 23.5 Å². The third kappa shape index (κ3) is 4.62. The molecule has 0 unspecified atom stereocenters. The highest BCUT2D eigenvalue weighted by molar-refractivity contribution is 6.42. The molecule has 26 heavy (non-hydrogen) atoms. The zero-order valence-electron chi connectivity index (χ0n) is 14.5. The minimum atomic E-state index is 0.256. The van der Waals surface area contributed by atoms with Crippen molar-refractivity contribution in [2.24, 2.45) is 0 Å². The Hall–Kier alpha value is -2.37. The van der Waals surface area contributed by atoms with Gasteiger partial charge in [-0.1, -0.05) is 36.2 Å². The van der Waals surface area contributed by atoms with E-state index in [1.54, 1.807) is 18.3 Å². The molecule has 134 valence electrons. The second kappa shape index (κ2) is 8.34. The van der Waals surface area contributed by atoms with Gasteiger partial charge in [0.05, 0.1) is 21.4 Å². The summed E-state index contributed by atoms with van der Waals surface area (Å²) in [6, 6.07) is 13.2. The molecule has 0 aliphatic carbocycles. The van der Waals surface area contributed by atoms with E-state index in [0.29, 0.717) is 21.8 Å². The van der Waals surface area contributed by atoms with Crippen LogP contribution >= 0.6 is 23.2 Å². The molecule has 7 heteroatoms. The van der Waals surface area contributed by atoms with E-state index in [2.05, 4.69) is 39.4 Å². The van der Waals surface area contributed by atoms with Crippen molar-refractivity contribution in [3.63, 3.8) is 0 Å². The van der Waals surface area contributed by atoms with Crippen LogP contribution in [0.3, 0.4) is 0 Å². The van der Waals surface area contributed by atoms with Crippen LogP contribution < -0.4 is 10.6 Å². The summed E-state index contributed by atoms with van der Waals surface area (Å²) in [4.78, 5) is 13.5. The van der Waals surface area contributed by atoms with Crippen molar-refractivity contribution in [3.8, 4) is 11.4 Å². The van der Waals surface area contributed by atoms with E-state index in [-0.39, 0.29) is 6.04 Å². The van der Waals surface area contributed by atoms with Gasteiger partial charge in [0, 0.05) is 24.0 Å². The minimum absolute atomic E-state index is 0.256. The number of aromatic nitrogens is 3. The third-order valence-corrected chi connectivity index (χ3v) is 4.57. The molecule has 2 N–H and O–H groups in total. The molecule has 3 aromatic rings. The fourth-order valence-electron chi connectivity index (χ4n) is 2.27. The predicted octanol–water partition coefficient (Wildman–Crippen LogP) is 5.80. The summed E-state index contributed by atoms with van der Waals surface area (Å²) in [7, 11) is 0. The second-order valence-corrected chi connectivity index (χ2v) is 6.70. The first-order valence-electron chi connectivity index (χ1n) is 8.34. The molecule has 0 saturated heterocycles. The largest absolute Gasteiger partial charge is 0.352 e. The smallest absolute Gasteiger partial charge is 0.225 e. The first-order valence-corrected chi connectivity index (χ1v) is 9.10. The summed E-state index contributed by atoms with van der Waals surface area (Å²) < 4.78 is 0. The summed E-state index contributed by atoms with van der Waals surface area (Å²) in [6.07, 6.45) is 2.71. The maximum absolute atomic E-state index is 6.10. The lowest BCUT2D eigenvalue weighted by Gasteiger charge is -2.14.